The van der Waals surface area contributed by atoms with Gasteiger partial charge in [-0.2, -0.15) is 0 Å². The molecule has 3 rings (SSSR count). The van der Waals surface area contributed by atoms with Gasteiger partial charge in [0.2, 0.25) is 0 Å². The van der Waals surface area contributed by atoms with E-state index in [1.54, 1.807) is 0 Å². The van der Waals surface area contributed by atoms with E-state index < -0.39 is 0 Å². The summed E-state index contributed by atoms with van der Waals surface area (Å²) in [5.41, 5.74) is 2.62. The van der Waals surface area contributed by atoms with Crippen molar-refractivity contribution in [2.45, 2.75) is 32.5 Å². The largest absolute Gasteiger partial charge is 0.489 e. The van der Waals surface area contributed by atoms with Crippen molar-refractivity contribution in [3.8, 4) is 5.75 Å². The lowest BCUT2D eigenvalue weighted by molar-refractivity contribution is -0.0184. The van der Waals surface area contributed by atoms with E-state index in [9.17, 15) is 0 Å². The zero-order valence-electron chi connectivity index (χ0n) is 14.5. The summed E-state index contributed by atoms with van der Waals surface area (Å²) in [5, 5.41) is 0. The maximum atomic E-state index is 5.78. The number of benzene rings is 2. The van der Waals surface area contributed by atoms with Crippen molar-refractivity contribution in [1.29, 1.82) is 0 Å². The highest BCUT2D eigenvalue weighted by atomic mass is 16.5. The van der Waals surface area contributed by atoms with E-state index in [1.165, 1.54) is 17.5 Å². The van der Waals surface area contributed by atoms with Gasteiger partial charge in [-0.15, -0.1) is 0 Å². The smallest absolute Gasteiger partial charge is 0.119 e. The first-order valence-electron chi connectivity index (χ1n) is 8.89. The predicted molar refractivity (Wildman–Crippen MR) is 97.4 cm³/mol. The molecule has 3 heteroatoms. The van der Waals surface area contributed by atoms with E-state index in [-0.39, 0.29) is 0 Å². The SMILES string of the molecule is CC1CN(CCCc2ccc(COc3ccccc3)cc2)CCO1. The van der Waals surface area contributed by atoms with Crippen LogP contribution in [0.2, 0.25) is 0 Å². The highest BCUT2D eigenvalue weighted by Crippen LogP contribution is 2.13. The fraction of sp³-hybridized carbons (Fsp3) is 0.429. The third kappa shape index (κ3) is 5.36. The standard InChI is InChI=1S/C21H27NO2/c1-18-16-22(14-15-23-18)13-5-6-19-9-11-20(12-10-19)17-24-21-7-3-2-4-8-21/h2-4,7-12,18H,5-6,13-17H2,1H3. The van der Waals surface area contributed by atoms with Crippen molar-refractivity contribution in [3.63, 3.8) is 0 Å². The fourth-order valence-electron chi connectivity index (χ4n) is 3.09. The fourth-order valence-corrected chi connectivity index (χ4v) is 3.09. The number of morpholine rings is 1. The Bertz CT molecular complexity index is 597. The van der Waals surface area contributed by atoms with Crippen molar-refractivity contribution in [3.05, 3.63) is 65.7 Å². The zero-order chi connectivity index (χ0) is 16.6. The predicted octanol–water partition coefficient (Wildman–Crippen LogP) is 3.92. The van der Waals surface area contributed by atoms with Crippen LogP contribution in [0.15, 0.2) is 54.6 Å². The molecule has 1 unspecified atom stereocenters. The Kier molecular flexibility index (Phi) is 6.27. The number of hydrogen-bond donors (Lipinski definition) is 0. The highest BCUT2D eigenvalue weighted by Gasteiger charge is 2.15. The van der Waals surface area contributed by atoms with E-state index >= 15 is 0 Å². The van der Waals surface area contributed by atoms with Crippen LogP contribution in [0.4, 0.5) is 0 Å². The molecule has 0 N–H and O–H groups in total. The minimum Gasteiger partial charge on any atom is -0.489 e. The van der Waals surface area contributed by atoms with Gasteiger partial charge in [0.05, 0.1) is 12.7 Å². The summed E-state index contributed by atoms with van der Waals surface area (Å²) in [6.07, 6.45) is 2.71. The first-order chi connectivity index (χ1) is 11.8. The average Bonchev–Trinajstić information content (AvgIpc) is 2.62. The van der Waals surface area contributed by atoms with Crippen LogP contribution in [0.1, 0.15) is 24.5 Å². The van der Waals surface area contributed by atoms with Gasteiger partial charge in [0, 0.05) is 13.1 Å². The Morgan fingerprint density at radius 1 is 1.04 bits per heavy atom. The monoisotopic (exact) mass is 325 g/mol. The molecule has 1 fully saturated rings. The zero-order valence-corrected chi connectivity index (χ0v) is 14.5. The molecule has 1 atom stereocenters. The maximum absolute atomic E-state index is 5.78. The summed E-state index contributed by atoms with van der Waals surface area (Å²) in [5.74, 6) is 0.918. The third-order valence-electron chi connectivity index (χ3n) is 4.44. The van der Waals surface area contributed by atoms with Crippen molar-refractivity contribution in [2.75, 3.05) is 26.2 Å². The second kappa shape index (κ2) is 8.86. The van der Waals surface area contributed by atoms with Gasteiger partial charge < -0.3 is 9.47 Å². The Morgan fingerprint density at radius 3 is 2.54 bits per heavy atom. The van der Waals surface area contributed by atoms with Gasteiger partial charge in [0.15, 0.2) is 0 Å². The van der Waals surface area contributed by atoms with E-state index in [4.69, 9.17) is 9.47 Å². The molecule has 24 heavy (non-hydrogen) atoms. The second-order valence-electron chi connectivity index (χ2n) is 6.50. The quantitative estimate of drug-likeness (QED) is 0.770. The Morgan fingerprint density at radius 2 is 1.79 bits per heavy atom. The Balaban J connectivity index is 1.39. The molecule has 3 nitrogen and oxygen atoms in total. The van der Waals surface area contributed by atoms with Crippen LogP contribution >= 0.6 is 0 Å². The molecule has 1 saturated heterocycles. The van der Waals surface area contributed by atoms with Crippen LogP contribution < -0.4 is 4.74 Å². The molecule has 2 aromatic rings. The molecule has 128 valence electrons. The number of hydrogen-bond acceptors (Lipinski definition) is 3. The third-order valence-corrected chi connectivity index (χ3v) is 4.44. The highest BCUT2D eigenvalue weighted by molar-refractivity contribution is 5.24. The van der Waals surface area contributed by atoms with Crippen LogP contribution in [0.5, 0.6) is 5.75 Å². The lowest BCUT2D eigenvalue weighted by Crippen LogP contribution is -2.41. The van der Waals surface area contributed by atoms with Gasteiger partial charge in [-0.25, -0.2) is 0 Å². The first-order valence-corrected chi connectivity index (χ1v) is 8.89. The van der Waals surface area contributed by atoms with Crippen molar-refractivity contribution in [2.24, 2.45) is 0 Å². The van der Waals surface area contributed by atoms with Crippen LogP contribution in [0.25, 0.3) is 0 Å². The molecule has 0 spiro atoms. The van der Waals surface area contributed by atoms with Gasteiger partial charge in [-0.3, -0.25) is 4.90 Å². The van der Waals surface area contributed by atoms with E-state index in [1.807, 2.05) is 30.3 Å². The lowest BCUT2D eigenvalue weighted by atomic mass is 10.1. The number of ether oxygens (including phenoxy) is 2. The van der Waals surface area contributed by atoms with E-state index in [2.05, 4.69) is 36.1 Å². The summed E-state index contributed by atoms with van der Waals surface area (Å²) in [7, 11) is 0. The van der Waals surface area contributed by atoms with Gasteiger partial charge >= 0.3 is 0 Å². The van der Waals surface area contributed by atoms with Crippen molar-refractivity contribution in [1.82, 2.24) is 4.90 Å². The number of aryl methyl sites for hydroxylation is 1. The molecule has 2 aromatic carbocycles. The van der Waals surface area contributed by atoms with Crippen molar-refractivity contribution < 1.29 is 9.47 Å². The van der Waals surface area contributed by atoms with E-state index in [0.717, 1.165) is 38.4 Å². The molecule has 0 aromatic heterocycles. The Hall–Kier alpha value is -1.84. The summed E-state index contributed by atoms with van der Waals surface area (Å²) in [4.78, 5) is 2.51. The molecule has 0 aliphatic carbocycles. The number of rotatable bonds is 7. The maximum Gasteiger partial charge on any atom is 0.119 e. The summed E-state index contributed by atoms with van der Waals surface area (Å²) in [6.45, 7) is 6.94. The summed E-state index contributed by atoms with van der Waals surface area (Å²) in [6, 6.07) is 18.8. The molecule has 1 aliphatic rings. The first kappa shape index (κ1) is 17.0. The van der Waals surface area contributed by atoms with Gasteiger partial charge in [0.25, 0.3) is 0 Å². The van der Waals surface area contributed by atoms with Crippen LogP contribution in [0, 0.1) is 0 Å². The number of para-hydroxylation sites is 1. The molecule has 0 bridgehead atoms. The normalized spacial score (nSPS) is 18.5. The molecule has 1 aliphatic heterocycles. The molecular formula is C21H27NO2. The minimum atomic E-state index is 0.377. The Labute approximate surface area is 145 Å². The van der Waals surface area contributed by atoms with Crippen molar-refractivity contribution >= 4 is 0 Å². The van der Waals surface area contributed by atoms with Gasteiger partial charge in [-0.1, -0.05) is 42.5 Å². The van der Waals surface area contributed by atoms with Crippen LogP contribution in [0.3, 0.4) is 0 Å². The lowest BCUT2D eigenvalue weighted by Gasteiger charge is -2.31. The van der Waals surface area contributed by atoms with E-state index in [0.29, 0.717) is 12.7 Å². The average molecular weight is 325 g/mol. The molecule has 0 radical (unpaired) electrons. The summed E-state index contributed by atoms with van der Waals surface area (Å²) >= 11 is 0. The topological polar surface area (TPSA) is 21.7 Å². The van der Waals surface area contributed by atoms with Crippen LogP contribution in [-0.2, 0) is 17.8 Å². The van der Waals surface area contributed by atoms with Gasteiger partial charge in [0.1, 0.15) is 12.4 Å². The molecule has 0 saturated carbocycles. The molecule has 0 amide bonds. The molecule has 1 heterocycles. The van der Waals surface area contributed by atoms with Gasteiger partial charge in [-0.05, 0) is 49.6 Å². The summed E-state index contributed by atoms with van der Waals surface area (Å²) < 4.78 is 11.4. The van der Waals surface area contributed by atoms with Crippen LogP contribution in [-0.4, -0.2) is 37.2 Å². The second-order valence-corrected chi connectivity index (χ2v) is 6.50. The molecular weight excluding hydrogens is 298 g/mol. The number of nitrogens with zero attached hydrogens (tertiary/aromatic N) is 1. The minimum absolute atomic E-state index is 0.377.